The van der Waals surface area contributed by atoms with Gasteiger partial charge in [-0.2, -0.15) is 0 Å². The summed E-state index contributed by atoms with van der Waals surface area (Å²) in [5.74, 6) is -0.250. The Morgan fingerprint density at radius 1 is 0.905 bits per heavy atom. The fourth-order valence-corrected chi connectivity index (χ4v) is 1.91. The van der Waals surface area contributed by atoms with Crippen molar-refractivity contribution in [2.45, 2.75) is 0 Å². The second-order valence-electron chi connectivity index (χ2n) is 4.36. The van der Waals surface area contributed by atoms with Gasteiger partial charge in [-0.15, -0.1) is 0 Å². The highest BCUT2D eigenvalue weighted by Crippen LogP contribution is 2.31. The standard InChI is InChI=1S/C15H10O6/c16-8-1-3-10(4-2-8)20-14-7-12(19)15-11(18)5-9(17)6-13(15)21-14/h1-7,16-18H. The van der Waals surface area contributed by atoms with Crippen LogP contribution in [0, 0.1) is 0 Å². The van der Waals surface area contributed by atoms with Crippen LogP contribution in [-0.2, 0) is 0 Å². The van der Waals surface area contributed by atoms with Gasteiger partial charge in [0.2, 0.25) is 0 Å². The third-order valence-electron chi connectivity index (χ3n) is 2.83. The Kier molecular flexibility index (Phi) is 2.91. The van der Waals surface area contributed by atoms with Crippen molar-refractivity contribution >= 4 is 11.0 Å². The highest BCUT2D eigenvalue weighted by atomic mass is 16.6. The molecular weight excluding hydrogens is 276 g/mol. The highest BCUT2D eigenvalue weighted by molar-refractivity contribution is 5.84. The molecule has 3 N–H and O–H groups in total. The van der Waals surface area contributed by atoms with E-state index in [1.807, 2.05) is 0 Å². The number of ether oxygens (including phenoxy) is 1. The molecule has 0 spiro atoms. The minimum Gasteiger partial charge on any atom is -0.508 e. The summed E-state index contributed by atoms with van der Waals surface area (Å²) in [4.78, 5) is 12.0. The summed E-state index contributed by atoms with van der Waals surface area (Å²) < 4.78 is 10.7. The number of benzene rings is 2. The van der Waals surface area contributed by atoms with Crippen molar-refractivity contribution < 1.29 is 24.5 Å². The van der Waals surface area contributed by atoms with Crippen LogP contribution in [0.4, 0.5) is 0 Å². The van der Waals surface area contributed by atoms with Gasteiger partial charge >= 0.3 is 0 Å². The van der Waals surface area contributed by atoms with Crippen molar-refractivity contribution in [2.75, 3.05) is 0 Å². The van der Waals surface area contributed by atoms with Gasteiger partial charge in [0.25, 0.3) is 5.95 Å². The normalized spacial score (nSPS) is 10.7. The SMILES string of the molecule is O=c1cc(Oc2ccc(O)cc2)oc2cc(O)cc(O)c12. The predicted octanol–water partition coefficient (Wildman–Crippen LogP) is 2.70. The zero-order valence-corrected chi connectivity index (χ0v) is 10.6. The minimum atomic E-state index is -0.498. The highest BCUT2D eigenvalue weighted by Gasteiger charge is 2.12. The summed E-state index contributed by atoms with van der Waals surface area (Å²) in [6, 6.07) is 9.20. The van der Waals surface area contributed by atoms with E-state index in [-0.39, 0.29) is 34.2 Å². The monoisotopic (exact) mass is 286 g/mol. The van der Waals surface area contributed by atoms with Gasteiger partial charge in [0.05, 0.1) is 6.07 Å². The molecule has 106 valence electrons. The zero-order valence-electron chi connectivity index (χ0n) is 10.6. The maximum Gasteiger partial charge on any atom is 0.294 e. The molecule has 21 heavy (non-hydrogen) atoms. The molecule has 0 aliphatic rings. The quantitative estimate of drug-likeness (QED) is 0.669. The van der Waals surface area contributed by atoms with Crippen LogP contribution >= 0.6 is 0 Å². The number of fused-ring (bicyclic) bond motifs is 1. The fraction of sp³-hybridized carbons (Fsp3) is 0. The molecule has 1 aromatic heterocycles. The van der Waals surface area contributed by atoms with Gasteiger partial charge in [-0.25, -0.2) is 0 Å². The first kappa shape index (κ1) is 12.9. The molecule has 0 unspecified atom stereocenters. The molecule has 0 aliphatic heterocycles. The van der Waals surface area contributed by atoms with Gasteiger partial charge < -0.3 is 24.5 Å². The van der Waals surface area contributed by atoms with Gasteiger partial charge in [-0.3, -0.25) is 4.79 Å². The van der Waals surface area contributed by atoms with E-state index in [0.29, 0.717) is 5.75 Å². The summed E-state index contributed by atoms with van der Waals surface area (Å²) >= 11 is 0. The van der Waals surface area contributed by atoms with Crippen LogP contribution in [0.3, 0.4) is 0 Å². The molecule has 3 aromatic rings. The van der Waals surface area contributed by atoms with Crippen LogP contribution < -0.4 is 10.2 Å². The molecule has 1 heterocycles. The Morgan fingerprint density at radius 2 is 1.62 bits per heavy atom. The number of hydrogen-bond donors (Lipinski definition) is 3. The van der Waals surface area contributed by atoms with E-state index in [2.05, 4.69) is 0 Å². The maximum absolute atomic E-state index is 12.0. The molecule has 6 nitrogen and oxygen atoms in total. The first-order valence-corrected chi connectivity index (χ1v) is 5.99. The lowest BCUT2D eigenvalue weighted by Gasteiger charge is -2.06. The van der Waals surface area contributed by atoms with Crippen LogP contribution in [0.15, 0.2) is 51.7 Å². The second kappa shape index (κ2) is 4.75. The van der Waals surface area contributed by atoms with Gasteiger partial charge in [-0.05, 0) is 24.3 Å². The Bertz CT molecular complexity index is 864. The molecule has 0 amide bonds. The van der Waals surface area contributed by atoms with E-state index in [1.165, 1.54) is 30.3 Å². The third kappa shape index (κ3) is 2.46. The first-order chi connectivity index (χ1) is 10.0. The average molecular weight is 286 g/mol. The summed E-state index contributed by atoms with van der Waals surface area (Å²) in [7, 11) is 0. The number of aromatic hydroxyl groups is 3. The molecule has 2 aromatic carbocycles. The van der Waals surface area contributed by atoms with Crippen molar-refractivity contribution in [2.24, 2.45) is 0 Å². The minimum absolute atomic E-state index is 0.00813. The lowest BCUT2D eigenvalue weighted by molar-refractivity contribution is 0.351. The molecule has 6 heteroatoms. The van der Waals surface area contributed by atoms with Crippen molar-refractivity contribution in [3.8, 4) is 28.9 Å². The molecule has 0 atom stereocenters. The van der Waals surface area contributed by atoms with Crippen molar-refractivity contribution in [3.05, 3.63) is 52.7 Å². The second-order valence-corrected chi connectivity index (χ2v) is 4.36. The van der Waals surface area contributed by atoms with Crippen LogP contribution in [0.25, 0.3) is 11.0 Å². The van der Waals surface area contributed by atoms with Crippen molar-refractivity contribution in [1.29, 1.82) is 0 Å². The molecule has 0 fully saturated rings. The van der Waals surface area contributed by atoms with E-state index < -0.39 is 5.43 Å². The van der Waals surface area contributed by atoms with Crippen LogP contribution in [-0.4, -0.2) is 15.3 Å². The van der Waals surface area contributed by atoms with Gasteiger partial charge in [0.1, 0.15) is 34.0 Å². The average Bonchev–Trinajstić information content (AvgIpc) is 2.40. The van der Waals surface area contributed by atoms with E-state index in [9.17, 15) is 20.1 Å². The Morgan fingerprint density at radius 3 is 2.33 bits per heavy atom. The smallest absolute Gasteiger partial charge is 0.294 e. The fourth-order valence-electron chi connectivity index (χ4n) is 1.91. The molecule has 0 aliphatic carbocycles. The Labute approximate surface area is 118 Å². The molecule has 0 saturated heterocycles. The van der Waals surface area contributed by atoms with E-state index in [0.717, 1.165) is 12.1 Å². The Balaban J connectivity index is 2.08. The van der Waals surface area contributed by atoms with E-state index >= 15 is 0 Å². The molecule has 0 saturated carbocycles. The number of hydrogen-bond acceptors (Lipinski definition) is 6. The number of phenols is 3. The molecule has 0 radical (unpaired) electrons. The lowest BCUT2D eigenvalue weighted by Crippen LogP contribution is -2.00. The van der Waals surface area contributed by atoms with Gasteiger partial charge in [0, 0.05) is 12.1 Å². The van der Waals surface area contributed by atoms with E-state index in [1.54, 1.807) is 0 Å². The maximum atomic E-state index is 12.0. The summed E-state index contributed by atoms with van der Waals surface area (Å²) in [6.07, 6.45) is 0. The molecule has 0 bridgehead atoms. The molecule has 3 rings (SSSR count). The number of phenolic OH excluding ortho intramolecular Hbond substituents is 3. The molecular formula is C15H10O6. The number of rotatable bonds is 2. The van der Waals surface area contributed by atoms with Gasteiger partial charge in [-0.1, -0.05) is 0 Å². The first-order valence-electron chi connectivity index (χ1n) is 5.99. The van der Waals surface area contributed by atoms with Gasteiger partial charge in [0.15, 0.2) is 5.43 Å². The van der Waals surface area contributed by atoms with Crippen molar-refractivity contribution in [3.63, 3.8) is 0 Å². The van der Waals surface area contributed by atoms with Crippen LogP contribution in [0.5, 0.6) is 28.9 Å². The summed E-state index contributed by atoms with van der Waals surface area (Å²) in [5.41, 5.74) is -0.490. The topological polar surface area (TPSA) is 100 Å². The van der Waals surface area contributed by atoms with Crippen LogP contribution in [0.1, 0.15) is 0 Å². The summed E-state index contributed by atoms with van der Waals surface area (Å²) in [5, 5.41) is 28.2. The van der Waals surface area contributed by atoms with E-state index in [4.69, 9.17) is 9.15 Å². The third-order valence-corrected chi connectivity index (χ3v) is 2.83. The van der Waals surface area contributed by atoms with Crippen molar-refractivity contribution in [1.82, 2.24) is 0 Å². The Hall–Kier alpha value is -3.15. The zero-order chi connectivity index (χ0) is 15.0. The largest absolute Gasteiger partial charge is 0.508 e. The predicted molar refractivity (Wildman–Crippen MR) is 74.0 cm³/mol. The van der Waals surface area contributed by atoms with Crippen LogP contribution in [0.2, 0.25) is 0 Å². The summed E-state index contributed by atoms with van der Waals surface area (Å²) in [6.45, 7) is 0. The lowest BCUT2D eigenvalue weighted by atomic mass is 10.2.